The van der Waals surface area contributed by atoms with E-state index >= 15 is 0 Å². The monoisotopic (exact) mass is 186 g/mol. The fourth-order valence-electron chi connectivity index (χ4n) is 1.51. The summed E-state index contributed by atoms with van der Waals surface area (Å²) in [6.07, 6.45) is 3.66. The van der Waals surface area contributed by atoms with E-state index in [0.717, 1.165) is 11.1 Å². The molecular formula is C11H11BO2. The zero-order chi connectivity index (χ0) is 10.3. The van der Waals surface area contributed by atoms with Gasteiger partial charge in [0.1, 0.15) is 19.3 Å². The first-order valence-electron chi connectivity index (χ1n) is 4.49. The van der Waals surface area contributed by atoms with Crippen LogP contribution in [-0.4, -0.2) is 18.5 Å². The highest BCUT2D eigenvalue weighted by molar-refractivity contribution is 6.16. The van der Waals surface area contributed by atoms with E-state index in [1.807, 2.05) is 13.0 Å². The van der Waals surface area contributed by atoms with E-state index in [1.54, 1.807) is 25.1 Å². The average molecular weight is 186 g/mol. The second-order valence-electron chi connectivity index (χ2n) is 3.74. The van der Waals surface area contributed by atoms with Crippen molar-refractivity contribution in [2.75, 3.05) is 0 Å². The number of phenolic OH excluding ortho intramolecular Hbond substituents is 1. The second-order valence-corrected chi connectivity index (χ2v) is 3.74. The highest BCUT2D eigenvalue weighted by Crippen LogP contribution is 2.35. The number of phenols is 1. The molecular weight excluding hydrogens is 175 g/mol. The van der Waals surface area contributed by atoms with Crippen molar-refractivity contribution in [1.29, 1.82) is 0 Å². The van der Waals surface area contributed by atoms with E-state index in [0.29, 0.717) is 5.75 Å². The predicted octanol–water partition coefficient (Wildman–Crippen LogP) is 1.99. The molecule has 1 aromatic rings. The Morgan fingerprint density at radius 1 is 1.43 bits per heavy atom. The van der Waals surface area contributed by atoms with Gasteiger partial charge in [-0.05, 0) is 26.0 Å². The van der Waals surface area contributed by atoms with Gasteiger partial charge in [-0.3, -0.25) is 0 Å². The number of hydrogen-bond donors (Lipinski definition) is 1. The SMILES string of the molecule is [B]C1(C)C=Cc2c(ccc(O)c2C)O1. The Balaban J connectivity index is 2.56. The quantitative estimate of drug-likeness (QED) is 0.627. The lowest BCUT2D eigenvalue weighted by molar-refractivity contribution is 0.223. The van der Waals surface area contributed by atoms with Gasteiger partial charge in [0, 0.05) is 11.1 Å². The molecule has 1 unspecified atom stereocenters. The van der Waals surface area contributed by atoms with Gasteiger partial charge in [-0.15, -0.1) is 0 Å². The molecule has 70 valence electrons. The molecule has 2 radical (unpaired) electrons. The van der Waals surface area contributed by atoms with Gasteiger partial charge in [0.2, 0.25) is 0 Å². The molecule has 14 heavy (non-hydrogen) atoms. The van der Waals surface area contributed by atoms with E-state index in [4.69, 9.17) is 12.6 Å². The summed E-state index contributed by atoms with van der Waals surface area (Å²) >= 11 is 0. The summed E-state index contributed by atoms with van der Waals surface area (Å²) in [5.41, 5.74) is 0.957. The molecule has 1 atom stereocenters. The van der Waals surface area contributed by atoms with Crippen LogP contribution in [0.2, 0.25) is 0 Å². The van der Waals surface area contributed by atoms with E-state index in [-0.39, 0.29) is 5.75 Å². The van der Waals surface area contributed by atoms with Crippen molar-refractivity contribution in [2.24, 2.45) is 0 Å². The molecule has 1 aromatic carbocycles. The Hall–Kier alpha value is -1.38. The minimum absolute atomic E-state index is 0.276. The number of rotatable bonds is 0. The molecule has 1 N–H and O–H groups in total. The third-order valence-electron chi connectivity index (χ3n) is 2.36. The van der Waals surface area contributed by atoms with Crippen molar-refractivity contribution in [3.05, 3.63) is 29.3 Å². The Morgan fingerprint density at radius 3 is 2.86 bits per heavy atom. The van der Waals surface area contributed by atoms with Gasteiger partial charge in [0.25, 0.3) is 0 Å². The third-order valence-corrected chi connectivity index (χ3v) is 2.36. The van der Waals surface area contributed by atoms with Crippen LogP contribution < -0.4 is 4.74 Å². The van der Waals surface area contributed by atoms with Crippen molar-refractivity contribution in [1.82, 2.24) is 0 Å². The van der Waals surface area contributed by atoms with Gasteiger partial charge in [-0.25, -0.2) is 0 Å². The lowest BCUT2D eigenvalue weighted by Gasteiger charge is -2.29. The molecule has 0 amide bonds. The summed E-state index contributed by atoms with van der Waals surface area (Å²) < 4.78 is 5.53. The summed E-state index contributed by atoms with van der Waals surface area (Å²) in [5, 5.41) is 9.48. The predicted molar refractivity (Wildman–Crippen MR) is 56.7 cm³/mol. The Morgan fingerprint density at radius 2 is 2.14 bits per heavy atom. The summed E-state index contributed by atoms with van der Waals surface area (Å²) in [4.78, 5) is 0. The molecule has 0 bridgehead atoms. The minimum Gasteiger partial charge on any atom is -0.508 e. The molecule has 0 aromatic heterocycles. The van der Waals surface area contributed by atoms with E-state index in [2.05, 4.69) is 0 Å². The molecule has 0 spiro atoms. The van der Waals surface area contributed by atoms with Crippen molar-refractivity contribution in [3.8, 4) is 11.5 Å². The first-order valence-corrected chi connectivity index (χ1v) is 4.49. The highest BCUT2D eigenvalue weighted by atomic mass is 16.5. The first-order chi connectivity index (χ1) is 6.49. The molecule has 1 aliphatic heterocycles. The van der Waals surface area contributed by atoms with Gasteiger partial charge >= 0.3 is 0 Å². The zero-order valence-electron chi connectivity index (χ0n) is 8.24. The standard InChI is InChI=1S/C11H11BO2/c1-7-8-5-6-11(2,12)14-10(8)4-3-9(7)13/h3-6,13H,1-2H3. The maximum atomic E-state index is 9.48. The molecule has 1 aliphatic rings. The van der Waals surface area contributed by atoms with Gasteiger partial charge in [-0.2, -0.15) is 0 Å². The van der Waals surface area contributed by atoms with Crippen LogP contribution in [0, 0.1) is 6.92 Å². The molecule has 1 heterocycles. The van der Waals surface area contributed by atoms with Crippen LogP contribution in [0.15, 0.2) is 18.2 Å². The summed E-state index contributed by atoms with van der Waals surface area (Å²) in [5.74, 6) is 0.991. The van der Waals surface area contributed by atoms with Crippen LogP contribution >= 0.6 is 0 Å². The van der Waals surface area contributed by atoms with Gasteiger partial charge in [0.15, 0.2) is 0 Å². The van der Waals surface area contributed by atoms with E-state index < -0.39 is 5.50 Å². The fraction of sp³-hybridized carbons (Fsp3) is 0.273. The van der Waals surface area contributed by atoms with Crippen molar-refractivity contribution in [3.63, 3.8) is 0 Å². The lowest BCUT2D eigenvalue weighted by atomic mass is 9.81. The van der Waals surface area contributed by atoms with Gasteiger partial charge < -0.3 is 9.84 Å². The number of hydrogen-bond acceptors (Lipinski definition) is 2. The van der Waals surface area contributed by atoms with Gasteiger partial charge in [-0.1, -0.05) is 12.2 Å². The van der Waals surface area contributed by atoms with Crippen LogP contribution in [-0.2, 0) is 0 Å². The van der Waals surface area contributed by atoms with E-state index in [9.17, 15) is 5.11 Å². The largest absolute Gasteiger partial charge is 0.508 e. The average Bonchev–Trinajstić information content (AvgIpc) is 2.10. The van der Waals surface area contributed by atoms with E-state index in [1.165, 1.54) is 0 Å². The normalized spacial score (nSPS) is 24.1. The van der Waals surface area contributed by atoms with Crippen LogP contribution in [0.25, 0.3) is 6.08 Å². The number of fused-ring (bicyclic) bond motifs is 1. The zero-order valence-corrected chi connectivity index (χ0v) is 8.24. The summed E-state index contributed by atoms with van der Waals surface area (Å²) in [6.45, 7) is 3.63. The summed E-state index contributed by atoms with van der Waals surface area (Å²) in [6, 6.07) is 3.34. The van der Waals surface area contributed by atoms with Crippen LogP contribution in [0.5, 0.6) is 11.5 Å². The Labute approximate surface area is 84.6 Å². The van der Waals surface area contributed by atoms with Crippen molar-refractivity contribution in [2.45, 2.75) is 19.3 Å². The fourth-order valence-corrected chi connectivity index (χ4v) is 1.51. The third kappa shape index (κ3) is 1.39. The van der Waals surface area contributed by atoms with Crippen LogP contribution in [0.4, 0.5) is 0 Å². The Kier molecular flexibility index (Phi) is 1.84. The molecule has 0 saturated heterocycles. The van der Waals surface area contributed by atoms with Crippen molar-refractivity contribution < 1.29 is 9.84 Å². The minimum atomic E-state index is -0.754. The molecule has 0 saturated carbocycles. The summed E-state index contributed by atoms with van der Waals surface area (Å²) in [7, 11) is 5.81. The molecule has 3 heteroatoms. The second kappa shape index (κ2) is 2.81. The van der Waals surface area contributed by atoms with Crippen molar-refractivity contribution >= 4 is 13.9 Å². The maximum absolute atomic E-state index is 9.48. The highest BCUT2D eigenvalue weighted by Gasteiger charge is 2.22. The smallest absolute Gasteiger partial charge is 0.137 e. The molecule has 0 fully saturated rings. The van der Waals surface area contributed by atoms with Crippen LogP contribution in [0.3, 0.4) is 0 Å². The topological polar surface area (TPSA) is 29.5 Å². The van der Waals surface area contributed by atoms with Crippen LogP contribution in [0.1, 0.15) is 18.1 Å². The number of ether oxygens (including phenoxy) is 1. The molecule has 2 nitrogen and oxygen atoms in total. The Bertz CT molecular complexity index is 408. The number of aromatic hydroxyl groups is 1. The van der Waals surface area contributed by atoms with Gasteiger partial charge in [0.05, 0.1) is 5.50 Å². The number of benzene rings is 1. The lowest BCUT2D eigenvalue weighted by Crippen LogP contribution is -2.32. The molecule has 2 rings (SSSR count). The maximum Gasteiger partial charge on any atom is 0.137 e. The molecule has 0 aliphatic carbocycles. The first kappa shape index (κ1) is 9.19.